The van der Waals surface area contributed by atoms with Crippen molar-refractivity contribution >= 4 is 17.7 Å². The van der Waals surface area contributed by atoms with Gasteiger partial charge in [-0.3, -0.25) is 9.78 Å². The zero-order valence-electron chi connectivity index (χ0n) is 11.3. The van der Waals surface area contributed by atoms with Gasteiger partial charge in [0.25, 0.3) is 0 Å². The van der Waals surface area contributed by atoms with Crippen molar-refractivity contribution in [2.75, 3.05) is 19.3 Å². The standard InChI is InChI=1S/C14H16N4OS/c1-18(10-5-12-3-8-15-9-4-12)13(19)11-20-14-16-6-2-7-17-14/h2-4,6-9H,5,10-11H2,1H3. The van der Waals surface area contributed by atoms with Crippen LogP contribution in [0.15, 0.2) is 48.1 Å². The van der Waals surface area contributed by atoms with Gasteiger partial charge in [-0.05, 0) is 30.2 Å². The number of thioether (sulfide) groups is 1. The summed E-state index contributed by atoms with van der Waals surface area (Å²) in [5, 5.41) is 0.628. The molecule has 5 nitrogen and oxygen atoms in total. The van der Waals surface area contributed by atoms with Crippen molar-refractivity contribution in [2.45, 2.75) is 11.6 Å². The molecule has 2 aromatic rings. The van der Waals surface area contributed by atoms with Gasteiger partial charge >= 0.3 is 0 Å². The SMILES string of the molecule is CN(CCc1ccncc1)C(=O)CSc1ncccn1. The summed E-state index contributed by atoms with van der Waals surface area (Å²) in [4.78, 5) is 25.8. The molecule has 2 heterocycles. The van der Waals surface area contributed by atoms with Gasteiger partial charge in [0, 0.05) is 38.4 Å². The van der Waals surface area contributed by atoms with Gasteiger partial charge in [-0.15, -0.1) is 0 Å². The van der Waals surface area contributed by atoms with E-state index in [-0.39, 0.29) is 5.91 Å². The lowest BCUT2D eigenvalue weighted by molar-refractivity contribution is -0.127. The topological polar surface area (TPSA) is 59.0 Å². The lowest BCUT2D eigenvalue weighted by atomic mass is 10.2. The molecule has 0 fully saturated rings. The number of carbonyl (C=O) groups excluding carboxylic acids is 1. The van der Waals surface area contributed by atoms with Crippen LogP contribution in [0.5, 0.6) is 0 Å². The van der Waals surface area contributed by atoms with Crippen molar-refractivity contribution < 1.29 is 4.79 Å². The highest BCUT2D eigenvalue weighted by atomic mass is 32.2. The highest BCUT2D eigenvalue weighted by Gasteiger charge is 2.10. The lowest BCUT2D eigenvalue weighted by Gasteiger charge is -2.16. The number of likely N-dealkylation sites (N-methyl/N-ethyl adjacent to an activating group) is 1. The van der Waals surface area contributed by atoms with E-state index in [1.807, 2.05) is 19.2 Å². The minimum atomic E-state index is 0.0801. The summed E-state index contributed by atoms with van der Waals surface area (Å²) in [6.45, 7) is 0.694. The Bertz CT molecular complexity index is 535. The third-order valence-corrected chi connectivity index (χ3v) is 3.64. The van der Waals surface area contributed by atoms with E-state index in [2.05, 4.69) is 15.0 Å². The first-order chi connectivity index (χ1) is 9.75. The van der Waals surface area contributed by atoms with Crippen molar-refractivity contribution in [2.24, 2.45) is 0 Å². The molecule has 1 amide bonds. The monoisotopic (exact) mass is 288 g/mol. The number of hydrogen-bond donors (Lipinski definition) is 0. The van der Waals surface area contributed by atoms with E-state index in [4.69, 9.17) is 0 Å². The Morgan fingerprint density at radius 3 is 2.60 bits per heavy atom. The molecule has 104 valence electrons. The third-order valence-electron chi connectivity index (χ3n) is 2.78. The van der Waals surface area contributed by atoms with E-state index in [0.29, 0.717) is 17.5 Å². The van der Waals surface area contributed by atoms with E-state index < -0.39 is 0 Å². The molecule has 0 radical (unpaired) electrons. The molecular weight excluding hydrogens is 272 g/mol. The minimum Gasteiger partial charge on any atom is -0.345 e. The molecule has 0 bridgehead atoms. The van der Waals surface area contributed by atoms with Crippen LogP contribution in [0, 0.1) is 0 Å². The fraction of sp³-hybridized carbons (Fsp3) is 0.286. The van der Waals surface area contributed by atoms with Crippen molar-refractivity contribution in [1.29, 1.82) is 0 Å². The van der Waals surface area contributed by atoms with Crippen LogP contribution in [-0.2, 0) is 11.2 Å². The average Bonchev–Trinajstić information content (AvgIpc) is 2.52. The zero-order valence-corrected chi connectivity index (χ0v) is 12.1. The Morgan fingerprint density at radius 1 is 1.20 bits per heavy atom. The van der Waals surface area contributed by atoms with Gasteiger partial charge in [0.05, 0.1) is 5.75 Å². The molecule has 0 atom stereocenters. The first kappa shape index (κ1) is 14.5. The highest BCUT2D eigenvalue weighted by Crippen LogP contribution is 2.11. The Kier molecular flexibility index (Phi) is 5.49. The number of amides is 1. The van der Waals surface area contributed by atoms with Crippen molar-refractivity contribution in [3.63, 3.8) is 0 Å². The van der Waals surface area contributed by atoms with Crippen LogP contribution in [0.3, 0.4) is 0 Å². The summed E-state index contributed by atoms with van der Waals surface area (Å²) in [6.07, 6.45) is 7.71. The summed E-state index contributed by atoms with van der Waals surface area (Å²) in [5.74, 6) is 0.438. The van der Waals surface area contributed by atoms with Crippen LogP contribution < -0.4 is 0 Å². The summed E-state index contributed by atoms with van der Waals surface area (Å²) < 4.78 is 0. The van der Waals surface area contributed by atoms with Gasteiger partial charge in [-0.2, -0.15) is 0 Å². The molecule has 0 aliphatic carbocycles. The maximum atomic E-state index is 12.0. The predicted octanol–water partition coefficient (Wildman–Crippen LogP) is 1.66. The van der Waals surface area contributed by atoms with E-state index in [9.17, 15) is 4.79 Å². The maximum absolute atomic E-state index is 12.0. The van der Waals surface area contributed by atoms with Gasteiger partial charge in [-0.25, -0.2) is 9.97 Å². The normalized spacial score (nSPS) is 10.2. The first-order valence-electron chi connectivity index (χ1n) is 6.28. The number of hydrogen-bond acceptors (Lipinski definition) is 5. The Morgan fingerprint density at radius 2 is 1.90 bits per heavy atom. The molecule has 0 saturated heterocycles. The van der Waals surface area contributed by atoms with Crippen LogP contribution in [0.4, 0.5) is 0 Å². The molecular formula is C14H16N4OS. The lowest BCUT2D eigenvalue weighted by Crippen LogP contribution is -2.30. The number of aromatic nitrogens is 3. The van der Waals surface area contributed by atoms with E-state index in [1.165, 1.54) is 17.3 Å². The second-order valence-electron chi connectivity index (χ2n) is 4.24. The summed E-state index contributed by atoms with van der Waals surface area (Å²) >= 11 is 1.36. The fourth-order valence-corrected chi connectivity index (χ4v) is 2.31. The molecule has 6 heteroatoms. The highest BCUT2D eigenvalue weighted by molar-refractivity contribution is 7.99. The van der Waals surface area contributed by atoms with Crippen molar-refractivity contribution in [3.8, 4) is 0 Å². The molecule has 20 heavy (non-hydrogen) atoms. The summed E-state index contributed by atoms with van der Waals surface area (Å²) in [7, 11) is 1.82. The molecule has 0 aromatic carbocycles. The quantitative estimate of drug-likeness (QED) is 0.598. The molecule has 0 saturated carbocycles. The Balaban J connectivity index is 1.75. The van der Waals surface area contributed by atoms with Crippen LogP contribution in [0.1, 0.15) is 5.56 Å². The number of nitrogens with zero attached hydrogens (tertiary/aromatic N) is 4. The number of carbonyl (C=O) groups is 1. The van der Waals surface area contributed by atoms with Crippen LogP contribution in [0.25, 0.3) is 0 Å². The summed E-state index contributed by atoms with van der Waals surface area (Å²) in [5.41, 5.74) is 1.18. The van der Waals surface area contributed by atoms with Gasteiger partial charge in [0.2, 0.25) is 5.91 Å². The third kappa shape index (κ3) is 4.62. The average molecular weight is 288 g/mol. The maximum Gasteiger partial charge on any atom is 0.232 e. The van der Waals surface area contributed by atoms with Crippen LogP contribution in [-0.4, -0.2) is 45.1 Å². The van der Waals surface area contributed by atoms with Gasteiger partial charge in [0.15, 0.2) is 5.16 Å². The fourth-order valence-electron chi connectivity index (χ4n) is 1.57. The molecule has 0 N–H and O–H groups in total. The van der Waals surface area contributed by atoms with Crippen LogP contribution >= 0.6 is 11.8 Å². The van der Waals surface area contributed by atoms with Gasteiger partial charge in [-0.1, -0.05) is 11.8 Å². The molecule has 0 spiro atoms. The second-order valence-corrected chi connectivity index (χ2v) is 5.18. The predicted molar refractivity (Wildman–Crippen MR) is 78.3 cm³/mol. The first-order valence-corrected chi connectivity index (χ1v) is 7.27. The van der Waals surface area contributed by atoms with E-state index >= 15 is 0 Å². The minimum absolute atomic E-state index is 0.0801. The Hall–Kier alpha value is -1.95. The van der Waals surface area contributed by atoms with Gasteiger partial charge in [0.1, 0.15) is 0 Å². The van der Waals surface area contributed by atoms with Gasteiger partial charge < -0.3 is 4.90 Å². The summed E-state index contributed by atoms with van der Waals surface area (Å²) in [6, 6.07) is 5.68. The smallest absolute Gasteiger partial charge is 0.232 e. The number of rotatable bonds is 6. The Labute approximate surface area is 122 Å². The number of pyridine rings is 1. The van der Waals surface area contributed by atoms with Crippen molar-refractivity contribution in [3.05, 3.63) is 48.5 Å². The van der Waals surface area contributed by atoms with E-state index in [0.717, 1.165) is 6.42 Å². The van der Waals surface area contributed by atoms with E-state index in [1.54, 1.807) is 35.8 Å². The second kappa shape index (κ2) is 7.59. The van der Waals surface area contributed by atoms with Crippen molar-refractivity contribution in [1.82, 2.24) is 19.9 Å². The molecule has 0 aliphatic rings. The molecule has 0 aliphatic heterocycles. The zero-order chi connectivity index (χ0) is 14.2. The molecule has 0 unspecified atom stereocenters. The van der Waals surface area contributed by atoms with Crippen LogP contribution in [0.2, 0.25) is 0 Å². The largest absolute Gasteiger partial charge is 0.345 e. The molecule has 2 rings (SSSR count). The molecule has 2 aromatic heterocycles.